The topological polar surface area (TPSA) is 70.6 Å². The van der Waals surface area contributed by atoms with Crippen molar-refractivity contribution >= 4 is 17.3 Å². The lowest BCUT2D eigenvalue weighted by Gasteiger charge is -2.41. The van der Waals surface area contributed by atoms with Gasteiger partial charge in [-0.2, -0.15) is 18.4 Å². The van der Waals surface area contributed by atoms with Crippen LogP contribution in [0.4, 0.5) is 18.9 Å². The number of rotatable bonds is 3. The van der Waals surface area contributed by atoms with Crippen LogP contribution in [0.1, 0.15) is 48.7 Å². The molecule has 0 spiro atoms. The molecule has 3 heterocycles. The summed E-state index contributed by atoms with van der Waals surface area (Å²) in [6.45, 7) is 0.570. The van der Waals surface area contributed by atoms with Crippen LogP contribution in [-0.4, -0.2) is 32.3 Å². The first-order valence-electron chi connectivity index (χ1n) is 9.08. The molecular formula is C18H18ClF3N6. The summed E-state index contributed by atoms with van der Waals surface area (Å²) in [5.41, 5.74) is -0.921. The first kappa shape index (κ1) is 19.0. The maximum Gasteiger partial charge on any atom is 0.433 e. The van der Waals surface area contributed by atoms with Crippen molar-refractivity contribution in [3.8, 4) is 6.07 Å². The first-order valence-corrected chi connectivity index (χ1v) is 9.45. The minimum atomic E-state index is -4.65. The average Bonchev–Trinajstić information content (AvgIpc) is 3.41. The van der Waals surface area contributed by atoms with E-state index < -0.39 is 11.9 Å². The van der Waals surface area contributed by atoms with Crippen LogP contribution >= 0.6 is 11.6 Å². The van der Waals surface area contributed by atoms with Crippen molar-refractivity contribution in [2.75, 3.05) is 11.4 Å². The fourth-order valence-corrected chi connectivity index (χ4v) is 4.41. The summed E-state index contributed by atoms with van der Waals surface area (Å²) in [4.78, 5) is 5.53. The van der Waals surface area contributed by atoms with Gasteiger partial charge in [-0.3, -0.25) is 0 Å². The third kappa shape index (κ3) is 3.41. The molecule has 1 saturated carbocycles. The molecule has 0 radical (unpaired) electrons. The molecule has 0 amide bonds. The summed E-state index contributed by atoms with van der Waals surface area (Å²) >= 11 is 6.17. The van der Waals surface area contributed by atoms with Gasteiger partial charge in [-0.25, -0.2) is 4.98 Å². The lowest BCUT2D eigenvalue weighted by Crippen LogP contribution is -2.44. The molecular weight excluding hydrogens is 393 g/mol. The molecule has 2 aromatic rings. The van der Waals surface area contributed by atoms with Crippen LogP contribution in [0.5, 0.6) is 0 Å². The number of hydrogen-bond acceptors (Lipinski definition) is 5. The Morgan fingerprint density at radius 3 is 2.61 bits per heavy atom. The molecule has 2 aliphatic rings. The second-order valence-corrected chi connectivity index (χ2v) is 7.78. The van der Waals surface area contributed by atoms with Gasteiger partial charge in [-0.05, 0) is 37.7 Å². The second kappa shape index (κ2) is 6.92. The van der Waals surface area contributed by atoms with E-state index in [9.17, 15) is 18.4 Å². The van der Waals surface area contributed by atoms with Gasteiger partial charge in [-0.1, -0.05) is 11.6 Å². The van der Waals surface area contributed by atoms with E-state index >= 15 is 0 Å². The molecule has 2 aromatic heterocycles. The monoisotopic (exact) mass is 410 g/mol. The Kier molecular flexibility index (Phi) is 4.70. The van der Waals surface area contributed by atoms with Crippen molar-refractivity contribution in [1.82, 2.24) is 19.7 Å². The molecule has 28 heavy (non-hydrogen) atoms. The summed E-state index contributed by atoms with van der Waals surface area (Å²) in [5, 5.41) is 17.4. The molecule has 0 N–H and O–H groups in total. The largest absolute Gasteiger partial charge is 0.433 e. The molecule has 0 unspecified atom stereocenters. The first-order chi connectivity index (χ1) is 13.3. The summed E-state index contributed by atoms with van der Waals surface area (Å²) in [7, 11) is 1.90. The van der Waals surface area contributed by atoms with E-state index in [2.05, 4.69) is 15.2 Å². The predicted octanol–water partition coefficient (Wildman–Crippen LogP) is 3.92. The van der Waals surface area contributed by atoms with E-state index in [1.165, 1.54) is 0 Å². The predicted molar refractivity (Wildman–Crippen MR) is 95.8 cm³/mol. The number of alkyl halides is 3. The Bertz CT molecular complexity index is 930. The number of aryl methyl sites for hydroxylation is 1. The van der Waals surface area contributed by atoms with Gasteiger partial charge in [0, 0.05) is 25.6 Å². The van der Waals surface area contributed by atoms with Crippen molar-refractivity contribution < 1.29 is 13.2 Å². The van der Waals surface area contributed by atoms with E-state index in [0.717, 1.165) is 37.6 Å². The van der Waals surface area contributed by atoms with E-state index in [1.54, 1.807) is 6.33 Å². The summed E-state index contributed by atoms with van der Waals surface area (Å²) < 4.78 is 41.1. The zero-order chi connectivity index (χ0) is 20.1. The SMILES string of the molecule is Cn1cnnc1[C@@H]1CCN(c2c(C#N)cc(C(F)(F)F)nc2Cl)[C@@H](C2CC2)C1. The Morgan fingerprint density at radius 2 is 2.04 bits per heavy atom. The minimum absolute atomic E-state index is 0.0820. The fourth-order valence-electron chi connectivity index (χ4n) is 4.11. The number of anilines is 1. The van der Waals surface area contributed by atoms with Crippen molar-refractivity contribution in [1.29, 1.82) is 5.26 Å². The Balaban J connectivity index is 1.69. The van der Waals surface area contributed by atoms with Gasteiger partial charge in [-0.15, -0.1) is 10.2 Å². The van der Waals surface area contributed by atoms with Crippen LogP contribution in [0.15, 0.2) is 12.4 Å². The molecule has 4 rings (SSSR count). The van der Waals surface area contributed by atoms with Gasteiger partial charge < -0.3 is 9.47 Å². The third-order valence-corrected chi connectivity index (χ3v) is 5.83. The van der Waals surface area contributed by atoms with Crippen LogP contribution in [0.3, 0.4) is 0 Å². The van der Waals surface area contributed by atoms with E-state index in [1.807, 2.05) is 22.6 Å². The van der Waals surface area contributed by atoms with Crippen molar-refractivity contribution in [3.05, 3.63) is 34.6 Å². The van der Waals surface area contributed by atoms with Crippen molar-refractivity contribution in [3.63, 3.8) is 0 Å². The number of nitriles is 1. The second-order valence-electron chi connectivity index (χ2n) is 7.42. The number of piperidine rings is 1. The molecule has 2 fully saturated rings. The number of hydrogen-bond donors (Lipinski definition) is 0. The summed E-state index contributed by atoms with van der Waals surface area (Å²) in [5.74, 6) is 1.55. The lowest BCUT2D eigenvalue weighted by molar-refractivity contribution is -0.141. The fraction of sp³-hybridized carbons (Fsp3) is 0.556. The molecule has 0 bridgehead atoms. The van der Waals surface area contributed by atoms with Crippen molar-refractivity contribution in [2.45, 2.75) is 43.8 Å². The van der Waals surface area contributed by atoms with Crippen LogP contribution in [0, 0.1) is 17.2 Å². The normalized spacial score (nSPS) is 22.9. The van der Waals surface area contributed by atoms with Crippen molar-refractivity contribution in [2.24, 2.45) is 13.0 Å². The number of aromatic nitrogens is 4. The molecule has 148 valence electrons. The Morgan fingerprint density at radius 1 is 1.29 bits per heavy atom. The number of pyridine rings is 1. The smallest absolute Gasteiger partial charge is 0.365 e. The van der Waals surface area contributed by atoms with Gasteiger partial charge in [0.1, 0.15) is 23.9 Å². The number of nitrogens with zero attached hydrogens (tertiary/aromatic N) is 6. The van der Waals surface area contributed by atoms with Gasteiger partial charge in [0.05, 0.1) is 11.3 Å². The lowest BCUT2D eigenvalue weighted by atomic mass is 9.87. The van der Waals surface area contributed by atoms with Crippen LogP contribution in [0.2, 0.25) is 5.15 Å². The average molecular weight is 411 g/mol. The molecule has 1 saturated heterocycles. The maximum absolute atomic E-state index is 13.1. The molecule has 1 aliphatic carbocycles. The van der Waals surface area contributed by atoms with Crippen LogP contribution < -0.4 is 4.90 Å². The van der Waals surface area contributed by atoms with Gasteiger partial charge in [0.25, 0.3) is 0 Å². The van der Waals surface area contributed by atoms with E-state index in [4.69, 9.17) is 11.6 Å². The highest BCUT2D eigenvalue weighted by Crippen LogP contribution is 2.47. The minimum Gasteiger partial charge on any atom is -0.365 e. The highest BCUT2D eigenvalue weighted by molar-refractivity contribution is 6.32. The summed E-state index contributed by atoms with van der Waals surface area (Å²) in [6, 6.07) is 2.76. The highest BCUT2D eigenvalue weighted by atomic mass is 35.5. The van der Waals surface area contributed by atoms with E-state index in [0.29, 0.717) is 18.2 Å². The standard InChI is InChI=1S/C18H18ClF3N6/c1-27-9-24-26-17(27)11-4-5-28(13(6-11)10-2-3-10)15-12(8-23)7-14(18(20,21)22)25-16(15)19/h7,9-11,13H,2-6H2,1H3/t11-,13-/m1/s1. The molecule has 1 aliphatic heterocycles. The zero-order valence-electron chi connectivity index (χ0n) is 15.1. The van der Waals surface area contributed by atoms with Crippen LogP contribution in [-0.2, 0) is 13.2 Å². The maximum atomic E-state index is 13.1. The van der Waals surface area contributed by atoms with Gasteiger partial charge in [0.15, 0.2) is 5.15 Å². The van der Waals surface area contributed by atoms with Gasteiger partial charge >= 0.3 is 6.18 Å². The zero-order valence-corrected chi connectivity index (χ0v) is 15.9. The number of halogens is 4. The van der Waals surface area contributed by atoms with Crippen LogP contribution in [0.25, 0.3) is 0 Å². The summed E-state index contributed by atoms with van der Waals surface area (Å²) in [6.07, 6.45) is 0.665. The highest BCUT2D eigenvalue weighted by Gasteiger charge is 2.43. The van der Waals surface area contributed by atoms with E-state index in [-0.39, 0.29) is 22.7 Å². The Hall–Kier alpha value is -2.34. The third-order valence-electron chi connectivity index (χ3n) is 5.57. The molecule has 2 atom stereocenters. The quantitative estimate of drug-likeness (QED) is 0.717. The van der Waals surface area contributed by atoms with Gasteiger partial charge in [0.2, 0.25) is 0 Å². The molecule has 0 aromatic carbocycles. The molecule has 6 nitrogen and oxygen atoms in total. The molecule has 10 heteroatoms. The Labute approximate surface area is 164 Å².